The number of amides is 3. The van der Waals surface area contributed by atoms with Gasteiger partial charge in [0.05, 0.1) is 36.1 Å². The molecule has 34 heavy (non-hydrogen) atoms. The van der Waals surface area contributed by atoms with Gasteiger partial charge in [-0.05, 0) is 36.4 Å². The van der Waals surface area contributed by atoms with Gasteiger partial charge in [0.25, 0.3) is 17.7 Å². The van der Waals surface area contributed by atoms with Crippen molar-refractivity contribution >= 4 is 23.4 Å². The van der Waals surface area contributed by atoms with E-state index in [4.69, 9.17) is 0 Å². The number of aromatic nitrogens is 3. The number of benzene rings is 3. The van der Waals surface area contributed by atoms with Crippen LogP contribution in [0.4, 0.5) is 10.1 Å². The Hall–Kier alpha value is -4.66. The lowest BCUT2D eigenvalue weighted by Crippen LogP contribution is -2.30. The number of carbonyl (C=O) groups is 3. The molecule has 5 rings (SSSR count). The summed E-state index contributed by atoms with van der Waals surface area (Å²) in [6.45, 7) is 0.323. The van der Waals surface area contributed by atoms with Crippen LogP contribution in [0.25, 0.3) is 0 Å². The molecule has 3 aromatic carbocycles. The molecule has 1 aliphatic rings. The van der Waals surface area contributed by atoms with Gasteiger partial charge in [0.1, 0.15) is 11.5 Å². The number of rotatable bonds is 6. The smallest absolute Gasteiger partial charge is 0.266 e. The highest BCUT2D eigenvalue weighted by atomic mass is 19.1. The van der Waals surface area contributed by atoms with Crippen LogP contribution in [0.2, 0.25) is 0 Å². The molecule has 0 radical (unpaired) electrons. The molecule has 9 heteroatoms. The van der Waals surface area contributed by atoms with Gasteiger partial charge in [0.15, 0.2) is 0 Å². The number of carbonyl (C=O) groups excluding carboxylic acids is 3. The summed E-state index contributed by atoms with van der Waals surface area (Å²) in [4.78, 5) is 39.2. The van der Waals surface area contributed by atoms with E-state index in [0.29, 0.717) is 28.1 Å². The minimum atomic E-state index is -0.426. The van der Waals surface area contributed by atoms with Crippen molar-refractivity contribution in [1.29, 1.82) is 0 Å². The summed E-state index contributed by atoms with van der Waals surface area (Å²) in [6, 6.07) is 19.3. The largest absolute Gasteiger partial charge is 0.346 e. The van der Waals surface area contributed by atoms with Gasteiger partial charge in [-0.3, -0.25) is 14.4 Å². The lowest BCUT2D eigenvalue weighted by molar-refractivity contribution is 0.0919. The number of hydrogen-bond donors (Lipinski definition) is 1. The molecule has 0 atom stereocenters. The fourth-order valence-corrected chi connectivity index (χ4v) is 3.78. The van der Waals surface area contributed by atoms with Crippen LogP contribution in [0.3, 0.4) is 0 Å². The molecular weight excluding hydrogens is 437 g/mol. The molecule has 0 saturated carbocycles. The molecule has 0 saturated heterocycles. The van der Waals surface area contributed by atoms with Crippen LogP contribution in [-0.2, 0) is 13.1 Å². The summed E-state index contributed by atoms with van der Waals surface area (Å²) >= 11 is 0. The van der Waals surface area contributed by atoms with Gasteiger partial charge in [-0.2, -0.15) is 0 Å². The first kappa shape index (κ1) is 21.2. The summed E-state index contributed by atoms with van der Waals surface area (Å²) in [6.07, 6.45) is 1.63. The van der Waals surface area contributed by atoms with E-state index in [1.54, 1.807) is 66.9 Å². The van der Waals surface area contributed by atoms with E-state index < -0.39 is 17.7 Å². The Balaban J connectivity index is 1.26. The van der Waals surface area contributed by atoms with E-state index in [9.17, 15) is 18.8 Å². The summed E-state index contributed by atoms with van der Waals surface area (Å²) in [5.74, 6) is -1.58. The first-order valence-corrected chi connectivity index (χ1v) is 10.5. The van der Waals surface area contributed by atoms with Gasteiger partial charge in [-0.25, -0.2) is 14.0 Å². The molecule has 0 spiro atoms. The van der Waals surface area contributed by atoms with Gasteiger partial charge >= 0.3 is 0 Å². The second-order valence-electron chi connectivity index (χ2n) is 7.72. The van der Waals surface area contributed by atoms with E-state index in [1.165, 1.54) is 16.8 Å². The summed E-state index contributed by atoms with van der Waals surface area (Å²) in [5, 5.41) is 10.7. The van der Waals surface area contributed by atoms with Gasteiger partial charge in [-0.1, -0.05) is 41.6 Å². The molecule has 0 aliphatic carbocycles. The zero-order chi connectivity index (χ0) is 23.7. The lowest BCUT2D eigenvalue weighted by Gasteiger charge is -2.15. The zero-order valence-electron chi connectivity index (χ0n) is 17.8. The molecular formula is C25H18FN5O3. The fourth-order valence-electron chi connectivity index (χ4n) is 3.78. The van der Waals surface area contributed by atoms with Crippen molar-refractivity contribution in [3.8, 4) is 0 Å². The Morgan fingerprint density at radius 2 is 1.62 bits per heavy atom. The van der Waals surface area contributed by atoms with Crippen LogP contribution >= 0.6 is 0 Å². The summed E-state index contributed by atoms with van der Waals surface area (Å²) in [7, 11) is 0. The summed E-state index contributed by atoms with van der Waals surface area (Å²) < 4.78 is 15.3. The van der Waals surface area contributed by atoms with E-state index in [1.807, 2.05) is 0 Å². The predicted octanol–water partition coefficient (Wildman–Crippen LogP) is 3.20. The van der Waals surface area contributed by atoms with Crippen molar-refractivity contribution in [2.75, 3.05) is 4.90 Å². The van der Waals surface area contributed by atoms with E-state index in [-0.39, 0.29) is 24.5 Å². The third-order valence-electron chi connectivity index (χ3n) is 5.47. The monoisotopic (exact) mass is 455 g/mol. The Kier molecular flexibility index (Phi) is 5.43. The average molecular weight is 455 g/mol. The molecule has 1 N–H and O–H groups in total. The fraction of sp³-hybridized carbons (Fsp3) is 0.0800. The minimum absolute atomic E-state index is 0.105. The topological polar surface area (TPSA) is 97.2 Å². The SMILES string of the molecule is O=C(NCc1cn(Cc2ccccc2F)nn1)c1cccc(N2C(=O)c3ccccc3C2=O)c1. The van der Waals surface area contributed by atoms with Crippen LogP contribution in [-0.4, -0.2) is 32.7 Å². The van der Waals surface area contributed by atoms with Gasteiger partial charge in [-0.15, -0.1) is 5.10 Å². The third kappa shape index (κ3) is 3.95. The Bertz CT molecular complexity index is 1400. The maximum atomic E-state index is 13.8. The first-order valence-electron chi connectivity index (χ1n) is 10.5. The van der Waals surface area contributed by atoms with Crippen LogP contribution in [0.15, 0.2) is 79.0 Å². The van der Waals surface area contributed by atoms with E-state index in [0.717, 1.165) is 4.90 Å². The highest BCUT2D eigenvalue weighted by Crippen LogP contribution is 2.28. The number of imide groups is 1. The minimum Gasteiger partial charge on any atom is -0.346 e. The van der Waals surface area contributed by atoms with E-state index in [2.05, 4.69) is 15.6 Å². The van der Waals surface area contributed by atoms with Crippen molar-refractivity contribution in [1.82, 2.24) is 20.3 Å². The molecule has 0 bridgehead atoms. The van der Waals surface area contributed by atoms with Crippen molar-refractivity contribution < 1.29 is 18.8 Å². The number of anilines is 1. The number of halogens is 1. The number of nitrogens with one attached hydrogen (secondary N) is 1. The molecule has 168 valence electrons. The van der Waals surface area contributed by atoms with Gasteiger partial charge in [0.2, 0.25) is 0 Å². The second kappa shape index (κ2) is 8.70. The maximum absolute atomic E-state index is 13.8. The standard InChI is InChI=1S/C25H18FN5O3/c26-22-11-4-1-6-17(22)14-30-15-18(28-29-30)13-27-23(32)16-7-5-8-19(12-16)31-24(33)20-9-2-3-10-21(20)25(31)34/h1-12,15H,13-14H2,(H,27,32). The van der Waals surface area contributed by atoms with Gasteiger partial charge in [0, 0.05) is 11.1 Å². The Labute approximate surface area is 193 Å². The van der Waals surface area contributed by atoms with Crippen molar-refractivity contribution in [2.45, 2.75) is 13.1 Å². The molecule has 2 heterocycles. The quantitative estimate of drug-likeness (QED) is 0.451. The average Bonchev–Trinajstić information content (AvgIpc) is 3.41. The first-order chi connectivity index (χ1) is 16.5. The highest BCUT2D eigenvalue weighted by Gasteiger charge is 2.36. The molecule has 1 aromatic heterocycles. The molecule has 0 unspecified atom stereocenters. The van der Waals surface area contributed by atoms with Crippen LogP contribution in [0.5, 0.6) is 0 Å². The Morgan fingerprint density at radius 3 is 2.35 bits per heavy atom. The Morgan fingerprint density at radius 1 is 0.912 bits per heavy atom. The number of hydrogen-bond acceptors (Lipinski definition) is 5. The molecule has 1 aliphatic heterocycles. The molecule has 8 nitrogen and oxygen atoms in total. The normalized spacial score (nSPS) is 12.7. The van der Waals surface area contributed by atoms with E-state index >= 15 is 0 Å². The van der Waals surface area contributed by atoms with Crippen molar-refractivity contribution in [3.63, 3.8) is 0 Å². The van der Waals surface area contributed by atoms with Crippen LogP contribution in [0.1, 0.15) is 42.3 Å². The zero-order valence-corrected chi connectivity index (χ0v) is 17.8. The highest BCUT2D eigenvalue weighted by molar-refractivity contribution is 6.34. The van der Waals surface area contributed by atoms with Crippen LogP contribution in [0, 0.1) is 5.82 Å². The molecule has 0 fully saturated rings. The second-order valence-corrected chi connectivity index (χ2v) is 7.72. The van der Waals surface area contributed by atoms with Crippen molar-refractivity contribution in [2.24, 2.45) is 0 Å². The predicted molar refractivity (Wildman–Crippen MR) is 121 cm³/mol. The number of fused-ring (bicyclic) bond motifs is 1. The number of nitrogens with zero attached hydrogens (tertiary/aromatic N) is 4. The molecule has 4 aromatic rings. The lowest BCUT2D eigenvalue weighted by atomic mass is 10.1. The maximum Gasteiger partial charge on any atom is 0.266 e. The molecule has 3 amide bonds. The summed E-state index contributed by atoms with van der Waals surface area (Å²) in [5.41, 5.74) is 2.25. The van der Waals surface area contributed by atoms with Crippen molar-refractivity contribution in [3.05, 3.63) is 113 Å². The third-order valence-corrected chi connectivity index (χ3v) is 5.47. The van der Waals surface area contributed by atoms with Crippen LogP contribution < -0.4 is 10.2 Å². The van der Waals surface area contributed by atoms with Gasteiger partial charge < -0.3 is 5.32 Å².